The number of para-hydroxylation sites is 1. The van der Waals surface area contributed by atoms with Gasteiger partial charge in [0.05, 0.1) is 0 Å². The molecule has 3 heteroatoms. The second-order valence-electron chi connectivity index (χ2n) is 11.8. The van der Waals surface area contributed by atoms with Gasteiger partial charge in [-0.25, -0.2) is 0 Å². The number of allylic oxidation sites excluding steroid dienone is 1. The standard InChI is InChI=1S/C44H29NO2/c46-29-39-25-33-10-6-7-11-34(33)28-43(39)44(47)21-15-30-14-16-37-26-41(19-17-35(37)22-30)45(40-12-2-1-3-13-40)42-20-18-36-23-31-8-4-5-9-32(31)24-38(36)27-42/h1-29H. The Bertz CT molecular complexity index is 2510. The summed E-state index contributed by atoms with van der Waals surface area (Å²) in [7, 11) is 0. The summed E-state index contributed by atoms with van der Waals surface area (Å²) in [5.74, 6) is -0.199. The Hall–Kier alpha value is -6.32. The molecule has 0 atom stereocenters. The van der Waals surface area contributed by atoms with Gasteiger partial charge >= 0.3 is 0 Å². The van der Waals surface area contributed by atoms with Gasteiger partial charge in [-0.3, -0.25) is 9.59 Å². The number of benzene rings is 8. The fourth-order valence-electron chi connectivity index (χ4n) is 6.42. The highest BCUT2D eigenvalue weighted by Crippen LogP contribution is 2.38. The number of carbonyl (C=O) groups excluding carboxylic acids is 2. The van der Waals surface area contributed by atoms with E-state index >= 15 is 0 Å². The molecule has 0 amide bonds. The summed E-state index contributed by atoms with van der Waals surface area (Å²) < 4.78 is 0. The maximum Gasteiger partial charge on any atom is 0.186 e. The predicted octanol–water partition coefficient (Wildman–Crippen LogP) is 11.5. The van der Waals surface area contributed by atoms with Crippen LogP contribution in [0.3, 0.4) is 0 Å². The average Bonchev–Trinajstić information content (AvgIpc) is 3.12. The van der Waals surface area contributed by atoms with Crippen molar-refractivity contribution in [3.8, 4) is 0 Å². The lowest BCUT2D eigenvalue weighted by atomic mass is 9.98. The van der Waals surface area contributed by atoms with E-state index in [-0.39, 0.29) is 5.78 Å². The summed E-state index contributed by atoms with van der Waals surface area (Å²) in [5, 5.41) is 8.89. The molecule has 0 saturated carbocycles. The van der Waals surface area contributed by atoms with Crippen molar-refractivity contribution in [1.29, 1.82) is 0 Å². The van der Waals surface area contributed by atoms with Gasteiger partial charge in [-0.2, -0.15) is 0 Å². The van der Waals surface area contributed by atoms with Gasteiger partial charge in [-0.1, -0.05) is 97.1 Å². The zero-order valence-corrected chi connectivity index (χ0v) is 25.5. The van der Waals surface area contributed by atoms with Crippen molar-refractivity contribution < 1.29 is 9.59 Å². The summed E-state index contributed by atoms with van der Waals surface area (Å²) in [6.45, 7) is 0. The first-order chi connectivity index (χ1) is 23.1. The molecule has 222 valence electrons. The number of carbonyl (C=O) groups is 2. The lowest BCUT2D eigenvalue weighted by Gasteiger charge is -2.26. The normalized spacial score (nSPS) is 11.5. The molecule has 0 heterocycles. The summed E-state index contributed by atoms with van der Waals surface area (Å²) >= 11 is 0. The number of nitrogens with zero attached hydrogens (tertiary/aromatic N) is 1. The highest BCUT2D eigenvalue weighted by Gasteiger charge is 2.14. The third kappa shape index (κ3) is 5.45. The van der Waals surface area contributed by atoms with Gasteiger partial charge in [0.15, 0.2) is 12.1 Å². The molecule has 0 aliphatic rings. The maximum absolute atomic E-state index is 13.2. The number of rotatable bonds is 7. The Labute approximate surface area is 272 Å². The van der Waals surface area contributed by atoms with Gasteiger partial charge in [0.2, 0.25) is 0 Å². The Kier molecular flexibility index (Phi) is 7.12. The van der Waals surface area contributed by atoms with Crippen molar-refractivity contribution in [1.82, 2.24) is 0 Å². The van der Waals surface area contributed by atoms with Gasteiger partial charge in [0, 0.05) is 28.2 Å². The minimum absolute atomic E-state index is 0.199. The molecule has 0 unspecified atom stereocenters. The first-order valence-electron chi connectivity index (χ1n) is 15.6. The highest BCUT2D eigenvalue weighted by atomic mass is 16.1. The van der Waals surface area contributed by atoms with Crippen molar-refractivity contribution in [2.24, 2.45) is 0 Å². The Morgan fingerprint density at radius 2 is 0.957 bits per heavy atom. The number of aldehydes is 1. The van der Waals surface area contributed by atoms with Gasteiger partial charge < -0.3 is 4.90 Å². The molecule has 0 radical (unpaired) electrons. The summed E-state index contributed by atoms with van der Waals surface area (Å²) in [5.41, 5.74) is 4.93. The molecular weight excluding hydrogens is 574 g/mol. The van der Waals surface area contributed by atoms with Crippen molar-refractivity contribution in [3.63, 3.8) is 0 Å². The van der Waals surface area contributed by atoms with Crippen LogP contribution in [0.15, 0.2) is 164 Å². The highest BCUT2D eigenvalue weighted by molar-refractivity contribution is 6.13. The van der Waals surface area contributed by atoms with Crippen LogP contribution >= 0.6 is 0 Å². The number of ketones is 1. The van der Waals surface area contributed by atoms with Gasteiger partial charge in [-0.05, 0) is 121 Å². The van der Waals surface area contributed by atoms with Crippen LogP contribution in [0, 0.1) is 0 Å². The Morgan fingerprint density at radius 1 is 0.447 bits per heavy atom. The summed E-state index contributed by atoms with van der Waals surface area (Å²) in [6.07, 6.45) is 4.11. The second kappa shape index (κ2) is 11.9. The number of hydrogen-bond donors (Lipinski definition) is 0. The lowest BCUT2D eigenvalue weighted by Crippen LogP contribution is -2.09. The third-order valence-electron chi connectivity index (χ3n) is 8.80. The smallest absolute Gasteiger partial charge is 0.186 e. The SMILES string of the molecule is O=Cc1cc2ccccc2cc1C(=O)C=Cc1ccc2cc(N(c3ccccc3)c3ccc4cc5ccccc5cc4c3)ccc2c1. The monoisotopic (exact) mass is 603 g/mol. The molecule has 0 aliphatic heterocycles. The first kappa shape index (κ1) is 28.2. The molecule has 0 fully saturated rings. The van der Waals surface area contributed by atoms with E-state index in [1.807, 2.05) is 42.5 Å². The van der Waals surface area contributed by atoms with E-state index in [0.717, 1.165) is 50.5 Å². The predicted molar refractivity (Wildman–Crippen MR) is 196 cm³/mol. The van der Waals surface area contributed by atoms with E-state index in [4.69, 9.17) is 0 Å². The molecule has 0 spiro atoms. The van der Waals surface area contributed by atoms with Crippen molar-refractivity contribution in [2.45, 2.75) is 0 Å². The van der Waals surface area contributed by atoms with Crippen LogP contribution in [0.25, 0.3) is 49.2 Å². The largest absolute Gasteiger partial charge is 0.310 e. The molecule has 47 heavy (non-hydrogen) atoms. The van der Waals surface area contributed by atoms with E-state index < -0.39 is 0 Å². The van der Waals surface area contributed by atoms with Crippen molar-refractivity contribution in [3.05, 3.63) is 180 Å². The Balaban J connectivity index is 1.13. The molecule has 0 N–H and O–H groups in total. The van der Waals surface area contributed by atoms with E-state index in [1.54, 1.807) is 18.2 Å². The zero-order valence-electron chi connectivity index (χ0n) is 25.5. The lowest BCUT2D eigenvalue weighted by molar-refractivity contribution is 0.103. The van der Waals surface area contributed by atoms with Crippen LogP contribution < -0.4 is 4.90 Å². The fraction of sp³-hybridized carbons (Fsp3) is 0. The number of hydrogen-bond acceptors (Lipinski definition) is 3. The third-order valence-corrected chi connectivity index (χ3v) is 8.80. The fourth-order valence-corrected chi connectivity index (χ4v) is 6.42. The van der Waals surface area contributed by atoms with Crippen molar-refractivity contribution in [2.75, 3.05) is 4.90 Å². The van der Waals surface area contributed by atoms with Gasteiger partial charge in [-0.15, -0.1) is 0 Å². The van der Waals surface area contributed by atoms with Gasteiger partial charge in [0.1, 0.15) is 0 Å². The molecule has 8 aromatic carbocycles. The van der Waals surface area contributed by atoms with Crippen LogP contribution in [-0.4, -0.2) is 12.1 Å². The molecule has 0 aliphatic carbocycles. The summed E-state index contributed by atoms with van der Waals surface area (Å²) in [4.78, 5) is 27.3. The molecule has 0 aromatic heterocycles. The van der Waals surface area contributed by atoms with E-state index in [9.17, 15) is 9.59 Å². The van der Waals surface area contributed by atoms with E-state index in [2.05, 4.69) is 114 Å². The molecule has 8 aromatic rings. The van der Waals surface area contributed by atoms with E-state index in [0.29, 0.717) is 11.1 Å². The number of anilines is 3. The Morgan fingerprint density at radius 3 is 1.64 bits per heavy atom. The van der Waals surface area contributed by atoms with Crippen LogP contribution in [0.4, 0.5) is 17.1 Å². The molecule has 0 saturated heterocycles. The topological polar surface area (TPSA) is 37.4 Å². The minimum Gasteiger partial charge on any atom is -0.310 e. The van der Waals surface area contributed by atoms with Crippen LogP contribution in [0.5, 0.6) is 0 Å². The van der Waals surface area contributed by atoms with Gasteiger partial charge in [0.25, 0.3) is 0 Å². The molecule has 0 bridgehead atoms. The first-order valence-corrected chi connectivity index (χ1v) is 15.6. The van der Waals surface area contributed by atoms with Crippen LogP contribution in [-0.2, 0) is 0 Å². The minimum atomic E-state index is -0.199. The van der Waals surface area contributed by atoms with Crippen LogP contribution in [0.1, 0.15) is 26.3 Å². The summed E-state index contributed by atoms with van der Waals surface area (Å²) in [6, 6.07) is 54.0. The zero-order chi connectivity index (χ0) is 31.7. The molecular formula is C44H29NO2. The maximum atomic E-state index is 13.2. The number of fused-ring (bicyclic) bond motifs is 4. The second-order valence-corrected chi connectivity index (χ2v) is 11.8. The molecule has 8 rings (SSSR count). The average molecular weight is 604 g/mol. The molecule has 3 nitrogen and oxygen atoms in total. The quantitative estimate of drug-likeness (QED) is 0.0787. The van der Waals surface area contributed by atoms with Crippen molar-refractivity contribution >= 4 is 78.3 Å². The van der Waals surface area contributed by atoms with Crippen LogP contribution in [0.2, 0.25) is 0 Å². The van der Waals surface area contributed by atoms with E-state index in [1.165, 1.54) is 21.5 Å².